The number of likely N-dealkylation sites (tertiary alicyclic amines) is 1. The summed E-state index contributed by atoms with van der Waals surface area (Å²) in [6.45, 7) is 9.55. The Labute approximate surface area is 106 Å². The van der Waals surface area contributed by atoms with Crippen molar-refractivity contribution in [3.05, 3.63) is 0 Å². The first-order valence-corrected chi connectivity index (χ1v) is 6.58. The Hall–Kier alpha value is -0.160. The average molecular weight is 244 g/mol. The Balaban J connectivity index is 2.29. The van der Waals surface area contributed by atoms with Crippen molar-refractivity contribution in [2.75, 3.05) is 40.3 Å². The summed E-state index contributed by atoms with van der Waals surface area (Å²) in [5.41, 5.74) is 0. The van der Waals surface area contributed by atoms with E-state index in [1.165, 1.54) is 0 Å². The SMILES string of the molecule is CC(C)OCC(O)CN1CC(C)C(N(C)C)C1. The van der Waals surface area contributed by atoms with E-state index in [4.69, 9.17) is 4.74 Å². The Morgan fingerprint density at radius 3 is 2.47 bits per heavy atom. The van der Waals surface area contributed by atoms with Gasteiger partial charge in [0.1, 0.15) is 0 Å². The molecule has 1 fully saturated rings. The molecule has 3 unspecified atom stereocenters. The zero-order valence-corrected chi connectivity index (χ0v) is 11.9. The second-order valence-electron chi connectivity index (χ2n) is 5.76. The van der Waals surface area contributed by atoms with E-state index in [1.807, 2.05) is 13.8 Å². The van der Waals surface area contributed by atoms with Crippen LogP contribution in [0.1, 0.15) is 20.8 Å². The topological polar surface area (TPSA) is 35.9 Å². The molecule has 3 atom stereocenters. The van der Waals surface area contributed by atoms with Gasteiger partial charge >= 0.3 is 0 Å². The number of rotatable bonds is 6. The molecule has 0 aromatic heterocycles. The zero-order chi connectivity index (χ0) is 13.0. The van der Waals surface area contributed by atoms with Gasteiger partial charge in [-0.1, -0.05) is 6.92 Å². The highest BCUT2D eigenvalue weighted by Crippen LogP contribution is 2.19. The number of ether oxygens (including phenoxy) is 1. The maximum atomic E-state index is 9.89. The lowest BCUT2D eigenvalue weighted by molar-refractivity contribution is -0.00650. The normalized spacial score (nSPS) is 28.2. The van der Waals surface area contributed by atoms with Gasteiger partial charge in [0.15, 0.2) is 0 Å². The third-order valence-corrected chi connectivity index (χ3v) is 3.40. The Morgan fingerprint density at radius 1 is 1.35 bits per heavy atom. The van der Waals surface area contributed by atoms with Crippen molar-refractivity contribution in [1.82, 2.24) is 9.80 Å². The Morgan fingerprint density at radius 2 is 2.00 bits per heavy atom. The van der Waals surface area contributed by atoms with Crippen LogP contribution in [0, 0.1) is 5.92 Å². The smallest absolute Gasteiger partial charge is 0.0900 e. The number of aliphatic hydroxyl groups excluding tert-OH is 1. The van der Waals surface area contributed by atoms with Crippen molar-refractivity contribution in [3.8, 4) is 0 Å². The van der Waals surface area contributed by atoms with Gasteiger partial charge in [0.05, 0.1) is 18.8 Å². The van der Waals surface area contributed by atoms with Gasteiger partial charge in [0.2, 0.25) is 0 Å². The summed E-state index contributed by atoms with van der Waals surface area (Å²) < 4.78 is 5.43. The molecule has 0 saturated carbocycles. The molecule has 1 N–H and O–H groups in total. The molecule has 1 rings (SSSR count). The first kappa shape index (κ1) is 14.9. The molecule has 102 valence electrons. The molecule has 0 aromatic carbocycles. The van der Waals surface area contributed by atoms with Crippen molar-refractivity contribution in [2.45, 2.75) is 39.0 Å². The van der Waals surface area contributed by atoms with E-state index in [0.717, 1.165) is 19.6 Å². The first-order chi connectivity index (χ1) is 7.90. The van der Waals surface area contributed by atoms with E-state index >= 15 is 0 Å². The fraction of sp³-hybridized carbons (Fsp3) is 1.00. The molecule has 4 nitrogen and oxygen atoms in total. The minimum absolute atomic E-state index is 0.191. The molecule has 0 aromatic rings. The highest BCUT2D eigenvalue weighted by Gasteiger charge is 2.31. The molecule has 0 aliphatic carbocycles. The minimum Gasteiger partial charge on any atom is -0.389 e. The number of aliphatic hydroxyl groups is 1. The van der Waals surface area contributed by atoms with E-state index in [-0.39, 0.29) is 12.2 Å². The molecule has 1 aliphatic rings. The van der Waals surface area contributed by atoms with Crippen LogP contribution in [0.25, 0.3) is 0 Å². The van der Waals surface area contributed by atoms with Gasteiger partial charge in [-0.05, 0) is 33.9 Å². The lowest BCUT2D eigenvalue weighted by atomic mass is 10.1. The monoisotopic (exact) mass is 244 g/mol. The van der Waals surface area contributed by atoms with Crippen molar-refractivity contribution in [1.29, 1.82) is 0 Å². The molecule has 17 heavy (non-hydrogen) atoms. The Bertz CT molecular complexity index is 221. The van der Waals surface area contributed by atoms with Crippen molar-refractivity contribution in [3.63, 3.8) is 0 Å². The fourth-order valence-corrected chi connectivity index (χ4v) is 2.52. The largest absolute Gasteiger partial charge is 0.389 e. The number of likely N-dealkylation sites (N-methyl/N-ethyl adjacent to an activating group) is 1. The third kappa shape index (κ3) is 4.92. The van der Waals surface area contributed by atoms with E-state index in [0.29, 0.717) is 18.6 Å². The van der Waals surface area contributed by atoms with Crippen molar-refractivity contribution in [2.24, 2.45) is 5.92 Å². The van der Waals surface area contributed by atoms with Crippen LogP contribution < -0.4 is 0 Å². The number of hydrogen-bond donors (Lipinski definition) is 1. The van der Waals surface area contributed by atoms with Gasteiger partial charge < -0.3 is 14.7 Å². The standard InChI is InChI=1S/C13H28N2O2/c1-10(2)17-9-12(16)7-15-6-11(3)13(8-15)14(4)5/h10-13,16H,6-9H2,1-5H3. The van der Waals surface area contributed by atoms with Crippen LogP contribution in [0.5, 0.6) is 0 Å². The van der Waals surface area contributed by atoms with Crippen LogP contribution >= 0.6 is 0 Å². The van der Waals surface area contributed by atoms with E-state index in [1.54, 1.807) is 0 Å². The van der Waals surface area contributed by atoms with Crippen molar-refractivity contribution < 1.29 is 9.84 Å². The maximum Gasteiger partial charge on any atom is 0.0900 e. The summed E-state index contributed by atoms with van der Waals surface area (Å²) in [4.78, 5) is 4.62. The molecule has 0 spiro atoms. The molecule has 0 radical (unpaired) electrons. The van der Waals surface area contributed by atoms with E-state index in [2.05, 4.69) is 30.8 Å². The molecular formula is C13H28N2O2. The highest BCUT2D eigenvalue weighted by atomic mass is 16.5. The molecule has 1 saturated heterocycles. The molecule has 1 heterocycles. The van der Waals surface area contributed by atoms with Gasteiger partial charge in [-0.25, -0.2) is 0 Å². The fourth-order valence-electron chi connectivity index (χ4n) is 2.52. The number of hydrogen-bond acceptors (Lipinski definition) is 4. The van der Waals surface area contributed by atoms with Gasteiger partial charge in [-0.15, -0.1) is 0 Å². The van der Waals surface area contributed by atoms with Gasteiger partial charge in [0.25, 0.3) is 0 Å². The summed E-state index contributed by atoms with van der Waals surface area (Å²) in [7, 11) is 4.26. The lowest BCUT2D eigenvalue weighted by Crippen LogP contribution is -2.37. The van der Waals surface area contributed by atoms with E-state index in [9.17, 15) is 5.11 Å². The molecule has 0 amide bonds. The van der Waals surface area contributed by atoms with Crippen LogP contribution in [0.4, 0.5) is 0 Å². The van der Waals surface area contributed by atoms with Gasteiger partial charge in [0, 0.05) is 25.7 Å². The average Bonchev–Trinajstić information content (AvgIpc) is 2.56. The van der Waals surface area contributed by atoms with Crippen LogP contribution in [0.2, 0.25) is 0 Å². The lowest BCUT2D eigenvalue weighted by Gasteiger charge is -2.23. The maximum absolute atomic E-state index is 9.89. The first-order valence-electron chi connectivity index (χ1n) is 6.58. The predicted molar refractivity (Wildman–Crippen MR) is 70.2 cm³/mol. The predicted octanol–water partition coefficient (Wildman–Crippen LogP) is 0.654. The molecule has 0 bridgehead atoms. The van der Waals surface area contributed by atoms with Crippen LogP contribution in [0.3, 0.4) is 0 Å². The number of nitrogens with zero attached hydrogens (tertiary/aromatic N) is 2. The molecule has 1 aliphatic heterocycles. The zero-order valence-electron chi connectivity index (χ0n) is 11.9. The Kier molecular flexibility index (Phi) is 5.86. The minimum atomic E-state index is -0.370. The molecular weight excluding hydrogens is 216 g/mol. The summed E-state index contributed by atoms with van der Waals surface area (Å²) >= 11 is 0. The van der Waals surface area contributed by atoms with Crippen LogP contribution in [-0.4, -0.2) is 73.5 Å². The summed E-state index contributed by atoms with van der Waals surface area (Å²) in [6.07, 6.45) is -0.179. The van der Waals surface area contributed by atoms with Crippen LogP contribution in [-0.2, 0) is 4.74 Å². The van der Waals surface area contributed by atoms with E-state index < -0.39 is 0 Å². The second-order valence-corrected chi connectivity index (χ2v) is 5.76. The summed E-state index contributed by atoms with van der Waals surface area (Å²) in [5, 5.41) is 9.89. The van der Waals surface area contributed by atoms with Gasteiger partial charge in [-0.2, -0.15) is 0 Å². The van der Waals surface area contributed by atoms with Crippen molar-refractivity contribution >= 4 is 0 Å². The second kappa shape index (κ2) is 6.69. The number of β-amino-alcohol motifs (C(OH)–C–C–N with tert-alkyl or cyclic N) is 1. The summed E-state index contributed by atoms with van der Waals surface area (Å²) in [5.74, 6) is 0.670. The molecule has 4 heteroatoms. The highest BCUT2D eigenvalue weighted by molar-refractivity contribution is 4.87. The third-order valence-electron chi connectivity index (χ3n) is 3.40. The van der Waals surface area contributed by atoms with Crippen LogP contribution in [0.15, 0.2) is 0 Å². The van der Waals surface area contributed by atoms with Gasteiger partial charge in [-0.3, -0.25) is 4.90 Å². The quantitative estimate of drug-likeness (QED) is 0.744. The summed E-state index contributed by atoms with van der Waals surface area (Å²) in [6, 6.07) is 0.605.